The summed E-state index contributed by atoms with van der Waals surface area (Å²) in [6, 6.07) is 13.4. The van der Waals surface area contributed by atoms with Crippen LogP contribution in [0.1, 0.15) is 48.6 Å². The first-order valence-corrected chi connectivity index (χ1v) is 7.53. The smallest absolute Gasteiger partial charge is 0.150 e. The first kappa shape index (κ1) is 13.4. The number of nitrogens with zero attached hydrogens (tertiary/aromatic N) is 1. The van der Waals surface area contributed by atoms with E-state index in [0.29, 0.717) is 12.0 Å². The zero-order chi connectivity index (χ0) is 13.8. The van der Waals surface area contributed by atoms with Gasteiger partial charge in [-0.1, -0.05) is 48.3 Å². The summed E-state index contributed by atoms with van der Waals surface area (Å²) < 4.78 is 5.28. The van der Waals surface area contributed by atoms with Crippen molar-refractivity contribution < 1.29 is 4.52 Å². The maximum atomic E-state index is 5.28. The molecule has 1 heterocycles. The third-order valence-electron chi connectivity index (χ3n) is 4.21. The van der Waals surface area contributed by atoms with Crippen LogP contribution in [0.15, 0.2) is 40.9 Å². The Kier molecular flexibility index (Phi) is 4.16. The molecule has 0 aliphatic heterocycles. The predicted molar refractivity (Wildman–Crippen MR) is 79.5 cm³/mol. The highest BCUT2D eigenvalue weighted by Gasteiger charge is 2.26. The molecule has 0 spiro atoms. The minimum absolute atomic E-state index is 0.538. The standard InChI is InChI=1S/C17H22N2O/c1-13-11-15(20-19-13)12-18-17-10-6-5-9-16(17)14-7-3-2-4-8-14/h2-4,7-8,11,16-18H,5-6,9-10,12H2,1H3. The van der Waals surface area contributed by atoms with Gasteiger partial charge in [0.15, 0.2) is 5.76 Å². The van der Waals surface area contributed by atoms with Crippen LogP contribution in [0.3, 0.4) is 0 Å². The lowest BCUT2D eigenvalue weighted by Crippen LogP contribution is -2.36. The highest BCUT2D eigenvalue weighted by molar-refractivity contribution is 5.22. The fourth-order valence-corrected chi connectivity index (χ4v) is 3.21. The molecule has 20 heavy (non-hydrogen) atoms. The summed E-state index contributed by atoms with van der Waals surface area (Å²) in [6.07, 6.45) is 5.17. The van der Waals surface area contributed by atoms with Crippen LogP contribution < -0.4 is 5.32 Å². The summed E-state index contributed by atoms with van der Waals surface area (Å²) in [4.78, 5) is 0. The number of aromatic nitrogens is 1. The zero-order valence-corrected chi connectivity index (χ0v) is 12.0. The number of aryl methyl sites for hydroxylation is 1. The van der Waals surface area contributed by atoms with Crippen molar-refractivity contribution in [3.8, 4) is 0 Å². The summed E-state index contributed by atoms with van der Waals surface area (Å²) in [7, 11) is 0. The molecule has 1 aliphatic rings. The van der Waals surface area contributed by atoms with Crippen LogP contribution in [0.4, 0.5) is 0 Å². The Morgan fingerprint density at radius 3 is 2.75 bits per heavy atom. The van der Waals surface area contributed by atoms with Gasteiger partial charge < -0.3 is 9.84 Å². The van der Waals surface area contributed by atoms with E-state index in [4.69, 9.17) is 4.52 Å². The largest absolute Gasteiger partial charge is 0.360 e. The summed E-state index contributed by atoms with van der Waals surface area (Å²) in [5.74, 6) is 1.55. The topological polar surface area (TPSA) is 38.1 Å². The molecule has 3 rings (SSSR count). The van der Waals surface area contributed by atoms with E-state index in [1.54, 1.807) is 0 Å². The van der Waals surface area contributed by atoms with Gasteiger partial charge in [0.1, 0.15) is 0 Å². The van der Waals surface area contributed by atoms with E-state index in [1.807, 2.05) is 13.0 Å². The fraction of sp³-hybridized carbons (Fsp3) is 0.471. The lowest BCUT2D eigenvalue weighted by molar-refractivity contribution is 0.303. The van der Waals surface area contributed by atoms with Crippen molar-refractivity contribution >= 4 is 0 Å². The van der Waals surface area contributed by atoms with Gasteiger partial charge in [-0.15, -0.1) is 0 Å². The minimum Gasteiger partial charge on any atom is -0.360 e. The van der Waals surface area contributed by atoms with Gasteiger partial charge in [-0.3, -0.25) is 0 Å². The monoisotopic (exact) mass is 270 g/mol. The number of benzene rings is 1. The predicted octanol–water partition coefficient (Wildman–Crippen LogP) is 3.80. The van der Waals surface area contributed by atoms with Crippen LogP contribution in [0.5, 0.6) is 0 Å². The zero-order valence-electron chi connectivity index (χ0n) is 12.0. The van der Waals surface area contributed by atoms with Crippen molar-refractivity contribution in [2.45, 2.75) is 51.1 Å². The third kappa shape index (κ3) is 3.10. The Hall–Kier alpha value is -1.61. The molecule has 0 bridgehead atoms. The van der Waals surface area contributed by atoms with E-state index in [-0.39, 0.29) is 0 Å². The van der Waals surface area contributed by atoms with Crippen molar-refractivity contribution in [1.82, 2.24) is 10.5 Å². The maximum absolute atomic E-state index is 5.28. The molecule has 3 heteroatoms. The van der Waals surface area contributed by atoms with Gasteiger partial charge in [-0.2, -0.15) is 0 Å². The molecule has 0 amide bonds. The second-order valence-corrected chi connectivity index (χ2v) is 5.72. The van der Waals surface area contributed by atoms with Gasteiger partial charge in [-0.05, 0) is 31.2 Å². The third-order valence-corrected chi connectivity index (χ3v) is 4.21. The molecule has 3 nitrogen and oxygen atoms in total. The van der Waals surface area contributed by atoms with Crippen LogP contribution in [0, 0.1) is 6.92 Å². The molecule has 1 aromatic heterocycles. The second kappa shape index (κ2) is 6.23. The van der Waals surface area contributed by atoms with Crippen LogP contribution >= 0.6 is 0 Å². The molecule has 2 aromatic rings. The Balaban J connectivity index is 1.66. The molecule has 0 saturated heterocycles. The Labute approximate surface area is 120 Å². The van der Waals surface area contributed by atoms with Gasteiger partial charge in [0, 0.05) is 12.1 Å². The molecule has 1 aromatic carbocycles. The molecule has 1 aliphatic carbocycles. The Morgan fingerprint density at radius 1 is 1.20 bits per heavy atom. The van der Waals surface area contributed by atoms with Crippen LogP contribution in [-0.4, -0.2) is 11.2 Å². The quantitative estimate of drug-likeness (QED) is 0.918. The summed E-state index contributed by atoms with van der Waals surface area (Å²) in [6.45, 7) is 2.73. The normalized spacial score (nSPS) is 22.9. The minimum atomic E-state index is 0.538. The van der Waals surface area contributed by atoms with Gasteiger partial charge in [-0.25, -0.2) is 0 Å². The molecular weight excluding hydrogens is 248 g/mol. The number of hydrogen-bond donors (Lipinski definition) is 1. The van der Waals surface area contributed by atoms with Crippen molar-refractivity contribution in [2.75, 3.05) is 0 Å². The number of nitrogens with one attached hydrogen (secondary N) is 1. The Bertz CT molecular complexity index is 535. The highest BCUT2D eigenvalue weighted by Crippen LogP contribution is 2.33. The van der Waals surface area contributed by atoms with E-state index in [2.05, 4.69) is 40.8 Å². The van der Waals surface area contributed by atoms with Crippen molar-refractivity contribution in [1.29, 1.82) is 0 Å². The fourth-order valence-electron chi connectivity index (χ4n) is 3.21. The average Bonchev–Trinajstić information content (AvgIpc) is 2.92. The van der Waals surface area contributed by atoms with Crippen molar-refractivity contribution in [3.05, 3.63) is 53.4 Å². The maximum Gasteiger partial charge on any atom is 0.150 e. The first-order chi connectivity index (χ1) is 9.83. The molecule has 1 fully saturated rings. The summed E-state index contributed by atoms with van der Waals surface area (Å²) >= 11 is 0. The number of hydrogen-bond acceptors (Lipinski definition) is 3. The van der Waals surface area contributed by atoms with Gasteiger partial charge >= 0.3 is 0 Å². The summed E-state index contributed by atoms with van der Waals surface area (Å²) in [5.41, 5.74) is 2.41. The molecule has 2 unspecified atom stereocenters. The van der Waals surface area contributed by atoms with E-state index in [0.717, 1.165) is 18.0 Å². The molecule has 1 N–H and O–H groups in total. The molecular formula is C17H22N2O. The van der Waals surface area contributed by atoms with Crippen LogP contribution in [0.25, 0.3) is 0 Å². The van der Waals surface area contributed by atoms with Crippen molar-refractivity contribution in [2.24, 2.45) is 0 Å². The molecule has 1 saturated carbocycles. The second-order valence-electron chi connectivity index (χ2n) is 5.72. The van der Waals surface area contributed by atoms with Crippen LogP contribution in [0.2, 0.25) is 0 Å². The SMILES string of the molecule is Cc1cc(CNC2CCCCC2c2ccccc2)on1. The Morgan fingerprint density at radius 2 is 2.00 bits per heavy atom. The van der Waals surface area contributed by atoms with Crippen LogP contribution in [-0.2, 0) is 6.54 Å². The van der Waals surface area contributed by atoms with Gasteiger partial charge in [0.2, 0.25) is 0 Å². The highest BCUT2D eigenvalue weighted by atomic mass is 16.5. The lowest BCUT2D eigenvalue weighted by Gasteiger charge is -2.32. The molecule has 106 valence electrons. The van der Waals surface area contributed by atoms with E-state index < -0.39 is 0 Å². The average molecular weight is 270 g/mol. The molecule has 2 atom stereocenters. The summed E-state index contributed by atoms with van der Waals surface area (Å²) in [5, 5.41) is 7.61. The number of rotatable bonds is 4. The first-order valence-electron chi connectivity index (χ1n) is 7.53. The van der Waals surface area contributed by atoms with Gasteiger partial charge in [0.05, 0.1) is 12.2 Å². The van der Waals surface area contributed by atoms with Gasteiger partial charge in [0.25, 0.3) is 0 Å². The lowest BCUT2D eigenvalue weighted by atomic mass is 9.80. The van der Waals surface area contributed by atoms with E-state index in [1.165, 1.54) is 31.2 Å². The van der Waals surface area contributed by atoms with Crippen molar-refractivity contribution in [3.63, 3.8) is 0 Å². The van der Waals surface area contributed by atoms with E-state index >= 15 is 0 Å². The molecule has 0 radical (unpaired) electrons. The van der Waals surface area contributed by atoms with E-state index in [9.17, 15) is 0 Å².